The van der Waals surface area contributed by atoms with Crippen molar-refractivity contribution in [1.29, 1.82) is 0 Å². The van der Waals surface area contributed by atoms with Crippen molar-refractivity contribution < 1.29 is 0 Å². The van der Waals surface area contributed by atoms with Crippen molar-refractivity contribution in [2.75, 3.05) is 5.43 Å². The van der Waals surface area contributed by atoms with Crippen LogP contribution in [-0.4, -0.2) is 24.9 Å². The van der Waals surface area contributed by atoms with Crippen LogP contribution in [0.4, 0.5) is 5.95 Å². The van der Waals surface area contributed by atoms with Crippen LogP contribution in [0.5, 0.6) is 0 Å². The molecule has 1 aromatic carbocycles. The number of aryl methyl sites for hydroxylation is 2. The molecule has 0 aliphatic rings. The zero-order chi connectivity index (χ0) is 17.4. The first-order valence-corrected chi connectivity index (χ1v) is 7.45. The summed E-state index contributed by atoms with van der Waals surface area (Å²) in [5.41, 5.74) is 3.28. The Hall–Kier alpha value is -2.87. The summed E-state index contributed by atoms with van der Waals surface area (Å²) < 4.78 is 3.92. The average Bonchev–Trinajstić information content (AvgIpc) is 2.90. The zero-order valence-corrected chi connectivity index (χ0v) is 14.1. The lowest BCUT2D eigenvalue weighted by Gasteiger charge is -2.03. The van der Waals surface area contributed by atoms with Crippen molar-refractivity contribution in [1.82, 2.24) is 18.7 Å². The van der Waals surface area contributed by atoms with Crippen LogP contribution in [0.25, 0.3) is 11.2 Å². The first-order chi connectivity index (χ1) is 11.4. The van der Waals surface area contributed by atoms with Crippen LogP contribution in [0.3, 0.4) is 0 Å². The summed E-state index contributed by atoms with van der Waals surface area (Å²) in [5, 5.41) is 4.67. The van der Waals surface area contributed by atoms with E-state index < -0.39 is 11.2 Å². The van der Waals surface area contributed by atoms with Crippen molar-refractivity contribution in [3.8, 4) is 0 Å². The second-order valence-electron chi connectivity index (χ2n) is 5.26. The number of hydrogen-bond acceptors (Lipinski definition) is 5. The van der Waals surface area contributed by atoms with Gasteiger partial charge in [0.2, 0.25) is 5.95 Å². The van der Waals surface area contributed by atoms with Crippen LogP contribution in [-0.2, 0) is 21.1 Å². The molecule has 0 fully saturated rings. The molecule has 2 heterocycles. The summed E-state index contributed by atoms with van der Waals surface area (Å²) in [6.07, 6.45) is 1.55. The Morgan fingerprint density at radius 2 is 1.83 bits per heavy atom. The van der Waals surface area contributed by atoms with E-state index in [9.17, 15) is 9.59 Å². The van der Waals surface area contributed by atoms with Gasteiger partial charge in [0.25, 0.3) is 5.56 Å². The van der Waals surface area contributed by atoms with Gasteiger partial charge in [0.05, 0.1) is 6.21 Å². The van der Waals surface area contributed by atoms with Gasteiger partial charge in [0, 0.05) is 31.7 Å². The lowest BCUT2D eigenvalue weighted by Crippen LogP contribution is -2.37. The van der Waals surface area contributed by atoms with E-state index in [2.05, 4.69) is 15.5 Å². The van der Waals surface area contributed by atoms with Crippen molar-refractivity contribution in [2.45, 2.75) is 0 Å². The Bertz CT molecular complexity index is 1080. The third-order valence-corrected chi connectivity index (χ3v) is 4.09. The highest BCUT2D eigenvalue weighted by Crippen LogP contribution is 2.14. The normalized spacial score (nSPS) is 11.5. The molecule has 3 rings (SSSR count). The largest absolute Gasteiger partial charge is 0.332 e. The summed E-state index contributed by atoms with van der Waals surface area (Å²) in [6, 6.07) is 7.26. The topological polar surface area (TPSA) is 86.2 Å². The van der Waals surface area contributed by atoms with Gasteiger partial charge >= 0.3 is 5.69 Å². The average molecular weight is 347 g/mol. The maximum absolute atomic E-state index is 12.3. The van der Waals surface area contributed by atoms with E-state index in [1.807, 2.05) is 18.2 Å². The van der Waals surface area contributed by atoms with E-state index in [0.29, 0.717) is 22.1 Å². The minimum atomic E-state index is -0.434. The fourth-order valence-electron chi connectivity index (χ4n) is 2.36. The van der Waals surface area contributed by atoms with Crippen LogP contribution in [0, 0.1) is 0 Å². The smallest absolute Gasteiger partial charge is 0.306 e. The van der Waals surface area contributed by atoms with Crippen molar-refractivity contribution in [3.05, 3.63) is 55.7 Å². The molecule has 0 saturated heterocycles. The fraction of sp³-hybridized carbons (Fsp3) is 0.200. The van der Waals surface area contributed by atoms with E-state index in [1.54, 1.807) is 30.9 Å². The predicted octanol–water partition coefficient (Wildman–Crippen LogP) is 1.07. The fourth-order valence-corrected chi connectivity index (χ4v) is 2.54. The quantitative estimate of drug-likeness (QED) is 0.567. The van der Waals surface area contributed by atoms with E-state index in [-0.39, 0.29) is 0 Å². The molecule has 0 spiro atoms. The highest BCUT2D eigenvalue weighted by atomic mass is 35.5. The van der Waals surface area contributed by atoms with E-state index in [4.69, 9.17) is 11.6 Å². The highest BCUT2D eigenvalue weighted by molar-refractivity contribution is 6.33. The Kier molecular flexibility index (Phi) is 3.98. The van der Waals surface area contributed by atoms with E-state index >= 15 is 0 Å². The van der Waals surface area contributed by atoms with Crippen LogP contribution >= 0.6 is 11.6 Å². The summed E-state index contributed by atoms with van der Waals surface area (Å²) >= 11 is 6.06. The van der Waals surface area contributed by atoms with E-state index in [1.165, 1.54) is 11.6 Å². The van der Waals surface area contributed by atoms with Crippen molar-refractivity contribution in [3.63, 3.8) is 0 Å². The Morgan fingerprint density at radius 1 is 1.12 bits per heavy atom. The Morgan fingerprint density at radius 3 is 2.54 bits per heavy atom. The molecule has 0 radical (unpaired) electrons. The summed E-state index contributed by atoms with van der Waals surface area (Å²) in [4.78, 5) is 28.5. The molecule has 1 N–H and O–H groups in total. The summed E-state index contributed by atoms with van der Waals surface area (Å²) in [7, 11) is 4.67. The molecule has 3 aromatic rings. The lowest BCUT2D eigenvalue weighted by molar-refractivity contribution is 0.705. The van der Waals surface area contributed by atoms with E-state index in [0.717, 1.165) is 10.1 Å². The second kappa shape index (κ2) is 5.97. The van der Waals surface area contributed by atoms with Crippen molar-refractivity contribution >= 4 is 34.9 Å². The number of hydrogen-bond donors (Lipinski definition) is 1. The molecule has 8 nitrogen and oxygen atoms in total. The third-order valence-electron chi connectivity index (χ3n) is 3.75. The molecule has 24 heavy (non-hydrogen) atoms. The minimum Gasteiger partial charge on any atom is -0.306 e. The first kappa shape index (κ1) is 16.0. The standard InChI is InChI=1S/C15H15ClN6O2/c1-20-11-12(21(2)15(24)22(3)13(11)23)18-14(20)19-17-8-9-6-4-5-7-10(9)16/h4-8H,1-3H3,(H,18,19)/b17-8-. The molecule has 0 unspecified atom stereocenters. The number of halogens is 1. The van der Waals surface area contributed by atoms with Gasteiger partial charge in [-0.05, 0) is 6.07 Å². The Balaban J connectivity index is 2.03. The molecule has 124 valence electrons. The van der Waals surface area contributed by atoms with Crippen LogP contribution < -0.4 is 16.7 Å². The number of anilines is 1. The first-order valence-electron chi connectivity index (χ1n) is 7.08. The van der Waals surface area contributed by atoms with Gasteiger partial charge in [-0.25, -0.2) is 10.2 Å². The maximum Gasteiger partial charge on any atom is 0.332 e. The van der Waals surface area contributed by atoms with Crippen molar-refractivity contribution in [2.24, 2.45) is 26.2 Å². The SMILES string of the molecule is Cn1c(=O)c2c(nc(N/N=C\c3ccccc3Cl)n2C)n(C)c1=O. The highest BCUT2D eigenvalue weighted by Gasteiger charge is 2.16. The molecule has 0 aliphatic heterocycles. The number of nitrogens with zero attached hydrogens (tertiary/aromatic N) is 5. The molecular formula is C15H15ClN6O2. The zero-order valence-electron chi connectivity index (χ0n) is 13.3. The predicted molar refractivity (Wildman–Crippen MR) is 93.9 cm³/mol. The molecule has 0 atom stereocenters. The van der Waals surface area contributed by atoms with Gasteiger partial charge in [0.1, 0.15) is 0 Å². The molecule has 0 saturated carbocycles. The number of aromatic nitrogens is 4. The summed E-state index contributed by atoms with van der Waals surface area (Å²) in [5.74, 6) is 0.339. The number of fused-ring (bicyclic) bond motifs is 1. The molecule has 0 amide bonds. The molecule has 2 aromatic heterocycles. The minimum absolute atomic E-state index is 0.293. The van der Waals surface area contributed by atoms with Gasteiger partial charge in [-0.15, -0.1) is 0 Å². The van der Waals surface area contributed by atoms with Gasteiger partial charge in [-0.1, -0.05) is 29.8 Å². The van der Waals surface area contributed by atoms with Crippen LogP contribution in [0.1, 0.15) is 5.56 Å². The number of benzene rings is 1. The van der Waals surface area contributed by atoms with Crippen LogP contribution in [0.15, 0.2) is 39.0 Å². The second-order valence-corrected chi connectivity index (χ2v) is 5.67. The number of rotatable bonds is 3. The number of hydrazone groups is 1. The van der Waals surface area contributed by atoms with Gasteiger partial charge in [-0.2, -0.15) is 10.1 Å². The molecule has 0 bridgehead atoms. The molecule has 9 heteroatoms. The van der Waals surface area contributed by atoms with Gasteiger partial charge in [0.15, 0.2) is 11.2 Å². The Labute approximate surface area is 141 Å². The molecule has 0 aliphatic carbocycles. The van der Waals surface area contributed by atoms with Gasteiger partial charge < -0.3 is 4.57 Å². The third kappa shape index (κ3) is 2.50. The summed E-state index contributed by atoms with van der Waals surface area (Å²) in [6.45, 7) is 0. The van der Waals surface area contributed by atoms with Crippen LogP contribution in [0.2, 0.25) is 5.02 Å². The lowest BCUT2D eigenvalue weighted by atomic mass is 10.2. The monoisotopic (exact) mass is 346 g/mol. The van der Waals surface area contributed by atoms with Gasteiger partial charge in [-0.3, -0.25) is 13.9 Å². The maximum atomic E-state index is 12.3. The number of nitrogens with one attached hydrogen (secondary N) is 1. The molecular weight excluding hydrogens is 332 g/mol. The number of imidazole rings is 1.